The zero-order valence-corrected chi connectivity index (χ0v) is 10.4. The fourth-order valence-electron chi connectivity index (χ4n) is 1.65. The Kier molecular flexibility index (Phi) is 3.37. The maximum Gasteiger partial charge on any atom is 0.125 e. The van der Waals surface area contributed by atoms with Crippen LogP contribution in [0.3, 0.4) is 0 Å². The molecule has 0 saturated carbocycles. The number of nitrogens with two attached hydrogens (primary N) is 1. The first kappa shape index (κ1) is 12.2. The molecule has 0 aliphatic carbocycles. The molecule has 0 atom stereocenters. The Morgan fingerprint density at radius 1 is 1.06 bits per heavy atom. The SMILES string of the molecule is CN(C)c1ccc(Nc2ccc(F)cc2N)cc1. The Labute approximate surface area is 106 Å². The minimum Gasteiger partial charge on any atom is -0.397 e. The molecule has 0 aromatic heterocycles. The smallest absolute Gasteiger partial charge is 0.125 e. The van der Waals surface area contributed by atoms with Gasteiger partial charge in [-0.15, -0.1) is 0 Å². The van der Waals surface area contributed by atoms with E-state index >= 15 is 0 Å². The van der Waals surface area contributed by atoms with Crippen LogP contribution in [-0.2, 0) is 0 Å². The Bertz CT molecular complexity index is 535. The molecular weight excluding hydrogens is 229 g/mol. The molecule has 0 heterocycles. The minimum atomic E-state index is -0.332. The van der Waals surface area contributed by atoms with Crippen LogP contribution in [0.2, 0.25) is 0 Å². The summed E-state index contributed by atoms with van der Waals surface area (Å²) < 4.78 is 12.9. The quantitative estimate of drug-likeness (QED) is 0.816. The maximum absolute atomic E-state index is 12.9. The number of nitrogens with zero attached hydrogens (tertiary/aromatic N) is 1. The van der Waals surface area contributed by atoms with Crippen molar-refractivity contribution in [2.75, 3.05) is 30.0 Å². The molecule has 3 N–H and O–H groups in total. The first-order valence-electron chi connectivity index (χ1n) is 5.66. The number of benzene rings is 2. The second-order valence-corrected chi connectivity index (χ2v) is 4.30. The van der Waals surface area contributed by atoms with Crippen LogP contribution in [-0.4, -0.2) is 14.1 Å². The summed E-state index contributed by atoms with van der Waals surface area (Å²) in [5.74, 6) is -0.332. The van der Waals surface area contributed by atoms with Gasteiger partial charge in [-0.3, -0.25) is 0 Å². The molecule has 2 aromatic carbocycles. The van der Waals surface area contributed by atoms with Crippen molar-refractivity contribution in [2.24, 2.45) is 0 Å². The largest absolute Gasteiger partial charge is 0.397 e. The monoisotopic (exact) mass is 245 g/mol. The van der Waals surface area contributed by atoms with Gasteiger partial charge in [0.15, 0.2) is 0 Å². The van der Waals surface area contributed by atoms with Gasteiger partial charge in [0.1, 0.15) is 5.82 Å². The molecule has 18 heavy (non-hydrogen) atoms. The first-order valence-corrected chi connectivity index (χ1v) is 5.66. The molecule has 2 rings (SSSR count). The average Bonchev–Trinajstić information content (AvgIpc) is 2.33. The summed E-state index contributed by atoms with van der Waals surface area (Å²) in [6.45, 7) is 0. The van der Waals surface area contributed by atoms with Gasteiger partial charge in [-0.25, -0.2) is 4.39 Å². The van der Waals surface area contributed by atoms with E-state index in [0.717, 1.165) is 11.4 Å². The Morgan fingerprint density at radius 3 is 2.28 bits per heavy atom. The molecule has 0 saturated heterocycles. The topological polar surface area (TPSA) is 41.3 Å². The average molecular weight is 245 g/mol. The molecule has 3 nitrogen and oxygen atoms in total. The van der Waals surface area contributed by atoms with Crippen LogP contribution in [0.15, 0.2) is 42.5 Å². The van der Waals surface area contributed by atoms with E-state index in [1.165, 1.54) is 12.1 Å². The lowest BCUT2D eigenvalue weighted by Gasteiger charge is -2.14. The van der Waals surface area contributed by atoms with E-state index in [1.807, 2.05) is 43.3 Å². The van der Waals surface area contributed by atoms with Gasteiger partial charge >= 0.3 is 0 Å². The van der Waals surface area contributed by atoms with E-state index in [-0.39, 0.29) is 5.82 Å². The number of hydrogen-bond acceptors (Lipinski definition) is 3. The van der Waals surface area contributed by atoms with E-state index in [0.29, 0.717) is 11.4 Å². The maximum atomic E-state index is 12.9. The Balaban J connectivity index is 2.18. The van der Waals surface area contributed by atoms with Crippen molar-refractivity contribution in [3.63, 3.8) is 0 Å². The van der Waals surface area contributed by atoms with Crippen molar-refractivity contribution in [3.05, 3.63) is 48.3 Å². The third-order valence-corrected chi connectivity index (χ3v) is 2.68. The van der Waals surface area contributed by atoms with Gasteiger partial charge in [-0.1, -0.05) is 0 Å². The van der Waals surface area contributed by atoms with E-state index < -0.39 is 0 Å². The number of hydrogen-bond donors (Lipinski definition) is 2. The number of nitrogens with one attached hydrogen (secondary N) is 1. The fourth-order valence-corrected chi connectivity index (χ4v) is 1.65. The summed E-state index contributed by atoms with van der Waals surface area (Å²) in [4.78, 5) is 2.02. The summed E-state index contributed by atoms with van der Waals surface area (Å²) in [6.07, 6.45) is 0. The lowest BCUT2D eigenvalue weighted by atomic mass is 10.2. The molecule has 0 amide bonds. The van der Waals surface area contributed by atoms with Crippen LogP contribution >= 0.6 is 0 Å². The zero-order chi connectivity index (χ0) is 13.1. The van der Waals surface area contributed by atoms with Crippen LogP contribution in [0.5, 0.6) is 0 Å². The van der Waals surface area contributed by atoms with Crippen molar-refractivity contribution < 1.29 is 4.39 Å². The molecule has 0 radical (unpaired) electrons. The van der Waals surface area contributed by atoms with Crippen molar-refractivity contribution in [1.82, 2.24) is 0 Å². The predicted octanol–water partition coefficient (Wildman–Crippen LogP) is 3.22. The number of rotatable bonds is 3. The van der Waals surface area contributed by atoms with Gasteiger partial charge in [-0.05, 0) is 42.5 Å². The van der Waals surface area contributed by atoms with Gasteiger partial charge in [0, 0.05) is 25.5 Å². The molecule has 4 heteroatoms. The van der Waals surface area contributed by atoms with Crippen LogP contribution in [0.4, 0.5) is 27.1 Å². The fraction of sp³-hybridized carbons (Fsp3) is 0.143. The highest BCUT2D eigenvalue weighted by Crippen LogP contribution is 2.25. The van der Waals surface area contributed by atoms with Gasteiger partial charge in [-0.2, -0.15) is 0 Å². The van der Waals surface area contributed by atoms with E-state index in [4.69, 9.17) is 5.73 Å². The molecule has 0 aliphatic rings. The highest BCUT2D eigenvalue weighted by Gasteiger charge is 2.02. The van der Waals surface area contributed by atoms with Crippen LogP contribution < -0.4 is 16.0 Å². The molecule has 0 unspecified atom stereocenters. The lowest BCUT2D eigenvalue weighted by molar-refractivity contribution is 0.628. The van der Waals surface area contributed by atoms with Gasteiger partial charge < -0.3 is 16.0 Å². The standard InChI is InChI=1S/C14H16FN3/c1-18(2)12-6-4-11(5-7-12)17-14-8-3-10(15)9-13(14)16/h3-9,17H,16H2,1-2H3. The molecule has 0 bridgehead atoms. The number of nitrogen functional groups attached to an aromatic ring is 1. The van der Waals surface area contributed by atoms with Crippen LogP contribution in [0.1, 0.15) is 0 Å². The molecule has 0 aliphatic heterocycles. The van der Waals surface area contributed by atoms with Gasteiger partial charge in [0.2, 0.25) is 0 Å². The van der Waals surface area contributed by atoms with Crippen molar-refractivity contribution in [2.45, 2.75) is 0 Å². The summed E-state index contributed by atoms with van der Waals surface area (Å²) in [5.41, 5.74) is 8.87. The molecule has 0 fully saturated rings. The van der Waals surface area contributed by atoms with Crippen LogP contribution in [0, 0.1) is 5.82 Å². The molecule has 2 aromatic rings. The molecular formula is C14H16FN3. The van der Waals surface area contributed by atoms with E-state index in [1.54, 1.807) is 6.07 Å². The van der Waals surface area contributed by atoms with E-state index in [2.05, 4.69) is 5.32 Å². The normalized spacial score (nSPS) is 10.2. The minimum absolute atomic E-state index is 0.332. The zero-order valence-electron chi connectivity index (χ0n) is 10.4. The second-order valence-electron chi connectivity index (χ2n) is 4.30. The first-order chi connectivity index (χ1) is 8.56. The highest BCUT2D eigenvalue weighted by atomic mass is 19.1. The Morgan fingerprint density at radius 2 is 1.72 bits per heavy atom. The third kappa shape index (κ3) is 2.71. The summed E-state index contributed by atoms with van der Waals surface area (Å²) in [5, 5.41) is 3.16. The van der Waals surface area contributed by atoms with Crippen LogP contribution in [0.25, 0.3) is 0 Å². The predicted molar refractivity (Wildman–Crippen MR) is 74.9 cm³/mol. The van der Waals surface area contributed by atoms with Gasteiger partial charge in [0.25, 0.3) is 0 Å². The highest BCUT2D eigenvalue weighted by molar-refractivity contribution is 5.73. The number of halogens is 1. The van der Waals surface area contributed by atoms with Crippen molar-refractivity contribution in [1.29, 1.82) is 0 Å². The molecule has 94 valence electrons. The second kappa shape index (κ2) is 4.96. The van der Waals surface area contributed by atoms with Crippen molar-refractivity contribution in [3.8, 4) is 0 Å². The van der Waals surface area contributed by atoms with Gasteiger partial charge in [0.05, 0.1) is 11.4 Å². The lowest BCUT2D eigenvalue weighted by Crippen LogP contribution is -2.08. The Hall–Kier alpha value is -2.23. The van der Waals surface area contributed by atoms with Crippen molar-refractivity contribution >= 4 is 22.7 Å². The summed E-state index contributed by atoms with van der Waals surface area (Å²) in [7, 11) is 3.97. The molecule has 0 spiro atoms. The third-order valence-electron chi connectivity index (χ3n) is 2.68. The summed E-state index contributed by atoms with van der Waals surface area (Å²) >= 11 is 0. The summed E-state index contributed by atoms with van der Waals surface area (Å²) in [6, 6.07) is 12.2. The van der Waals surface area contributed by atoms with E-state index in [9.17, 15) is 4.39 Å². The number of anilines is 4.